The van der Waals surface area contributed by atoms with E-state index in [0.29, 0.717) is 17.8 Å². The van der Waals surface area contributed by atoms with Gasteiger partial charge in [0, 0.05) is 24.7 Å². The van der Waals surface area contributed by atoms with Gasteiger partial charge in [0.1, 0.15) is 5.69 Å². The van der Waals surface area contributed by atoms with Crippen LogP contribution in [0.15, 0.2) is 48.5 Å². The number of hydrogen-bond acceptors (Lipinski definition) is 5. The molecule has 0 saturated heterocycles. The summed E-state index contributed by atoms with van der Waals surface area (Å²) in [6.45, 7) is 2.27. The number of nitrogens with one attached hydrogen (secondary N) is 3. The van der Waals surface area contributed by atoms with Crippen molar-refractivity contribution < 1.29 is 14.5 Å². The molecule has 0 unspecified atom stereocenters. The number of aryl methyl sites for hydroxylation is 1. The van der Waals surface area contributed by atoms with Gasteiger partial charge in [-0.3, -0.25) is 19.7 Å². The highest BCUT2D eigenvalue weighted by Crippen LogP contribution is 2.22. The molecular formula is C18H20N4O4. The average molecular weight is 356 g/mol. The Morgan fingerprint density at radius 3 is 2.42 bits per heavy atom. The maximum absolute atomic E-state index is 12.0. The summed E-state index contributed by atoms with van der Waals surface area (Å²) in [4.78, 5) is 34.2. The topological polar surface area (TPSA) is 113 Å². The van der Waals surface area contributed by atoms with Crippen LogP contribution in [0.5, 0.6) is 0 Å². The molecule has 0 atom stereocenters. The normalized spacial score (nSPS) is 10.0. The summed E-state index contributed by atoms with van der Waals surface area (Å²) in [6.07, 6.45) is 0. The van der Waals surface area contributed by atoms with Gasteiger partial charge in [0.15, 0.2) is 0 Å². The fourth-order valence-electron chi connectivity index (χ4n) is 2.33. The Bertz CT molecular complexity index is 807. The minimum Gasteiger partial charge on any atom is -0.378 e. The summed E-state index contributed by atoms with van der Waals surface area (Å²) in [7, 11) is 0. The molecule has 0 radical (unpaired) electrons. The van der Waals surface area contributed by atoms with Crippen LogP contribution in [-0.2, 0) is 4.79 Å². The second-order valence-corrected chi connectivity index (χ2v) is 5.55. The van der Waals surface area contributed by atoms with E-state index in [0.717, 1.165) is 5.56 Å². The van der Waals surface area contributed by atoms with Crippen LogP contribution in [0, 0.1) is 17.0 Å². The number of anilines is 1. The first-order chi connectivity index (χ1) is 12.5. The summed E-state index contributed by atoms with van der Waals surface area (Å²) in [5.41, 5.74) is 1.72. The number of nitrogens with zero attached hydrogens (tertiary/aromatic N) is 1. The highest BCUT2D eigenvalue weighted by Gasteiger charge is 2.12. The van der Waals surface area contributed by atoms with Crippen molar-refractivity contribution in [1.29, 1.82) is 0 Å². The van der Waals surface area contributed by atoms with E-state index in [4.69, 9.17) is 0 Å². The van der Waals surface area contributed by atoms with Crippen LogP contribution < -0.4 is 16.0 Å². The molecular weight excluding hydrogens is 336 g/mol. The number of hydrogen-bond donors (Lipinski definition) is 3. The largest absolute Gasteiger partial charge is 0.378 e. The zero-order valence-corrected chi connectivity index (χ0v) is 14.3. The van der Waals surface area contributed by atoms with Crippen LogP contribution in [-0.4, -0.2) is 36.4 Å². The highest BCUT2D eigenvalue weighted by molar-refractivity contribution is 5.97. The zero-order chi connectivity index (χ0) is 18.9. The van der Waals surface area contributed by atoms with Crippen molar-refractivity contribution in [3.05, 3.63) is 69.8 Å². The number of rotatable bonds is 8. The van der Waals surface area contributed by atoms with E-state index in [1.165, 1.54) is 6.07 Å². The molecule has 0 spiro atoms. The van der Waals surface area contributed by atoms with E-state index in [9.17, 15) is 19.7 Å². The molecule has 0 aliphatic carbocycles. The number of carbonyl (C=O) groups excluding carboxylic acids is 2. The fourth-order valence-corrected chi connectivity index (χ4v) is 2.33. The number of nitro groups is 1. The average Bonchev–Trinajstić information content (AvgIpc) is 2.64. The second kappa shape index (κ2) is 9.16. The Morgan fingerprint density at radius 1 is 1.00 bits per heavy atom. The van der Waals surface area contributed by atoms with Gasteiger partial charge in [-0.05, 0) is 24.6 Å². The second-order valence-electron chi connectivity index (χ2n) is 5.55. The lowest BCUT2D eigenvalue weighted by Gasteiger charge is -2.10. The van der Waals surface area contributed by atoms with Crippen LogP contribution in [0.2, 0.25) is 0 Å². The first-order valence-corrected chi connectivity index (χ1v) is 8.07. The van der Waals surface area contributed by atoms with E-state index in [1.54, 1.807) is 30.3 Å². The van der Waals surface area contributed by atoms with Gasteiger partial charge in [-0.15, -0.1) is 0 Å². The molecule has 136 valence electrons. The Morgan fingerprint density at radius 2 is 1.69 bits per heavy atom. The number of benzene rings is 2. The third-order valence-corrected chi connectivity index (χ3v) is 3.66. The van der Waals surface area contributed by atoms with Crippen LogP contribution in [0.3, 0.4) is 0 Å². The Labute approximate surface area is 150 Å². The fraction of sp³-hybridized carbons (Fsp3) is 0.222. The molecule has 8 nitrogen and oxygen atoms in total. The van der Waals surface area contributed by atoms with E-state index in [-0.39, 0.29) is 30.6 Å². The molecule has 0 bridgehead atoms. The van der Waals surface area contributed by atoms with Crippen molar-refractivity contribution in [3.63, 3.8) is 0 Å². The predicted molar refractivity (Wildman–Crippen MR) is 98.1 cm³/mol. The molecule has 0 aromatic heterocycles. The van der Waals surface area contributed by atoms with Crippen LogP contribution in [0.1, 0.15) is 15.9 Å². The molecule has 2 aromatic carbocycles. The van der Waals surface area contributed by atoms with Crippen molar-refractivity contribution in [3.8, 4) is 0 Å². The van der Waals surface area contributed by atoms with Crippen molar-refractivity contribution >= 4 is 23.2 Å². The van der Waals surface area contributed by atoms with Crippen molar-refractivity contribution in [1.82, 2.24) is 10.6 Å². The lowest BCUT2D eigenvalue weighted by molar-refractivity contribution is -0.384. The maximum atomic E-state index is 12.0. The molecule has 26 heavy (non-hydrogen) atoms. The predicted octanol–water partition coefficient (Wildman–Crippen LogP) is 1.86. The zero-order valence-electron chi connectivity index (χ0n) is 14.3. The quantitative estimate of drug-likeness (QED) is 0.380. The van der Waals surface area contributed by atoms with Crippen molar-refractivity contribution in [2.75, 3.05) is 25.0 Å². The van der Waals surface area contributed by atoms with Gasteiger partial charge in [-0.1, -0.05) is 30.3 Å². The van der Waals surface area contributed by atoms with Crippen LogP contribution >= 0.6 is 0 Å². The molecule has 0 aliphatic heterocycles. The molecule has 0 saturated carbocycles. The molecule has 0 fully saturated rings. The van der Waals surface area contributed by atoms with Gasteiger partial charge in [0.05, 0.1) is 11.5 Å². The number of amides is 2. The van der Waals surface area contributed by atoms with Crippen LogP contribution in [0.25, 0.3) is 0 Å². The first kappa shape index (κ1) is 18.9. The Hall–Kier alpha value is -3.42. The highest BCUT2D eigenvalue weighted by atomic mass is 16.6. The third kappa shape index (κ3) is 5.30. The summed E-state index contributed by atoms with van der Waals surface area (Å²) in [6, 6.07) is 13.4. The van der Waals surface area contributed by atoms with E-state index in [2.05, 4.69) is 16.0 Å². The number of para-hydroxylation sites is 2. The molecule has 8 heteroatoms. The van der Waals surface area contributed by atoms with Gasteiger partial charge in [0.2, 0.25) is 5.91 Å². The third-order valence-electron chi connectivity index (χ3n) is 3.66. The van der Waals surface area contributed by atoms with E-state index in [1.807, 2.05) is 19.1 Å². The minimum absolute atomic E-state index is 0.0238. The van der Waals surface area contributed by atoms with Gasteiger partial charge >= 0.3 is 0 Å². The summed E-state index contributed by atoms with van der Waals surface area (Å²) in [5.74, 6) is -0.646. The van der Waals surface area contributed by atoms with Crippen molar-refractivity contribution in [2.45, 2.75) is 6.92 Å². The van der Waals surface area contributed by atoms with Gasteiger partial charge in [-0.25, -0.2) is 0 Å². The van der Waals surface area contributed by atoms with Crippen LogP contribution in [0.4, 0.5) is 11.4 Å². The molecule has 2 aromatic rings. The summed E-state index contributed by atoms with van der Waals surface area (Å²) in [5, 5.41) is 19.0. The Kier molecular flexibility index (Phi) is 6.67. The van der Waals surface area contributed by atoms with Crippen molar-refractivity contribution in [2.24, 2.45) is 0 Å². The minimum atomic E-state index is -0.470. The lowest BCUT2D eigenvalue weighted by Crippen LogP contribution is -2.38. The van der Waals surface area contributed by atoms with E-state index < -0.39 is 4.92 Å². The van der Waals surface area contributed by atoms with E-state index >= 15 is 0 Å². The van der Waals surface area contributed by atoms with Gasteiger partial charge in [0.25, 0.3) is 11.6 Å². The number of nitro benzene ring substituents is 1. The SMILES string of the molecule is Cc1ccccc1C(=O)NCC(=O)NCCNc1ccccc1[N+](=O)[O-]. The van der Waals surface area contributed by atoms with Gasteiger partial charge < -0.3 is 16.0 Å². The monoisotopic (exact) mass is 356 g/mol. The molecule has 2 amide bonds. The molecule has 0 aliphatic rings. The first-order valence-electron chi connectivity index (χ1n) is 8.07. The smallest absolute Gasteiger partial charge is 0.292 e. The van der Waals surface area contributed by atoms with Gasteiger partial charge in [-0.2, -0.15) is 0 Å². The standard InChI is InChI=1S/C18H20N4O4/c1-13-6-2-3-7-14(13)18(24)21-12-17(23)20-11-10-19-15-8-4-5-9-16(15)22(25)26/h2-9,19H,10-12H2,1H3,(H,20,23)(H,21,24). The molecule has 0 heterocycles. The Balaban J connectivity index is 1.72. The molecule has 3 N–H and O–H groups in total. The molecule has 2 rings (SSSR count). The summed E-state index contributed by atoms with van der Waals surface area (Å²) >= 11 is 0. The lowest BCUT2D eigenvalue weighted by atomic mass is 10.1. The number of carbonyl (C=O) groups is 2. The summed E-state index contributed by atoms with van der Waals surface area (Å²) < 4.78 is 0. The maximum Gasteiger partial charge on any atom is 0.292 e.